The van der Waals surface area contributed by atoms with Gasteiger partial charge < -0.3 is 10.6 Å². The second kappa shape index (κ2) is 6.42. The smallest absolute Gasteiger partial charge is 0.0424 e. The van der Waals surface area contributed by atoms with E-state index in [1.54, 1.807) is 0 Å². The van der Waals surface area contributed by atoms with Crippen LogP contribution in [0.25, 0.3) is 11.1 Å². The predicted octanol–water partition coefficient (Wildman–Crippen LogP) is 3.70. The summed E-state index contributed by atoms with van der Waals surface area (Å²) in [5.41, 5.74) is 10.1. The summed E-state index contributed by atoms with van der Waals surface area (Å²) >= 11 is 0. The first-order valence-corrected chi connectivity index (χ1v) is 7.85. The van der Waals surface area contributed by atoms with Crippen molar-refractivity contribution in [2.75, 3.05) is 19.6 Å². The van der Waals surface area contributed by atoms with Crippen molar-refractivity contribution in [3.05, 3.63) is 60.2 Å². The lowest BCUT2D eigenvalue weighted by atomic mass is 10.0. The molecule has 0 aliphatic carbocycles. The first-order valence-electron chi connectivity index (χ1n) is 7.85. The zero-order valence-corrected chi connectivity index (χ0v) is 12.7. The molecule has 0 aromatic heterocycles. The molecule has 3 rings (SSSR count). The van der Waals surface area contributed by atoms with Crippen LogP contribution in [0, 0.1) is 5.92 Å². The van der Waals surface area contributed by atoms with Gasteiger partial charge in [-0.05, 0) is 35.6 Å². The highest BCUT2D eigenvalue weighted by molar-refractivity contribution is 5.63. The zero-order chi connectivity index (χ0) is 14.7. The molecule has 0 radical (unpaired) electrons. The summed E-state index contributed by atoms with van der Waals surface area (Å²) in [7, 11) is 0. The Morgan fingerprint density at radius 3 is 2.33 bits per heavy atom. The van der Waals surface area contributed by atoms with Crippen molar-refractivity contribution in [2.45, 2.75) is 19.4 Å². The molecule has 2 nitrogen and oxygen atoms in total. The number of rotatable bonds is 4. The molecule has 1 aliphatic rings. The van der Waals surface area contributed by atoms with Gasteiger partial charge >= 0.3 is 0 Å². The molecule has 21 heavy (non-hydrogen) atoms. The Balaban J connectivity index is 1.66. The highest BCUT2D eigenvalue weighted by Gasteiger charge is 2.20. The minimum atomic E-state index is 0.111. The molecule has 0 saturated carbocycles. The molecule has 0 spiro atoms. The van der Waals surface area contributed by atoms with E-state index >= 15 is 0 Å². The zero-order valence-electron chi connectivity index (χ0n) is 12.7. The summed E-state index contributed by atoms with van der Waals surface area (Å²) in [6.07, 6.45) is 1.31. The van der Waals surface area contributed by atoms with Crippen LogP contribution in [0.3, 0.4) is 0 Å². The van der Waals surface area contributed by atoms with Gasteiger partial charge in [-0.2, -0.15) is 0 Å². The maximum absolute atomic E-state index is 6.37. The Morgan fingerprint density at radius 1 is 1.05 bits per heavy atom. The van der Waals surface area contributed by atoms with E-state index in [1.807, 2.05) is 6.07 Å². The molecule has 2 aromatic rings. The van der Waals surface area contributed by atoms with Crippen LogP contribution in [0.5, 0.6) is 0 Å². The molecule has 2 atom stereocenters. The van der Waals surface area contributed by atoms with E-state index in [1.165, 1.54) is 36.2 Å². The molecule has 1 saturated heterocycles. The van der Waals surface area contributed by atoms with E-state index in [0.717, 1.165) is 12.5 Å². The van der Waals surface area contributed by atoms with Gasteiger partial charge in [0.2, 0.25) is 0 Å². The topological polar surface area (TPSA) is 29.3 Å². The molecule has 0 bridgehead atoms. The fraction of sp³-hybridized carbons (Fsp3) is 0.368. The largest absolute Gasteiger partial charge is 0.323 e. The van der Waals surface area contributed by atoms with E-state index < -0.39 is 0 Å². The van der Waals surface area contributed by atoms with Crippen LogP contribution in [-0.4, -0.2) is 24.5 Å². The summed E-state index contributed by atoms with van der Waals surface area (Å²) in [4.78, 5) is 2.49. The number of hydrogen-bond donors (Lipinski definition) is 1. The Kier molecular flexibility index (Phi) is 4.37. The summed E-state index contributed by atoms with van der Waals surface area (Å²) in [6, 6.07) is 19.3. The molecule has 2 aromatic carbocycles. The lowest BCUT2D eigenvalue weighted by Crippen LogP contribution is -2.30. The number of nitrogens with two attached hydrogens (primary N) is 1. The van der Waals surface area contributed by atoms with Gasteiger partial charge in [0.15, 0.2) is 0 Å². The predicted molar refractivity (Wildman–Crippen MR) is 89.0 cm³/mol. The molecule has 1 fully saturated rings. The SMILES string of the molecule is CC1CCN(CC(N)c2ccc(-c3ccccc3)cc2)C1. The highest BCUT2D eigenvalue weighted by Crippen LogP contribution is 2.23. The van der Waals surface area contributed by atoms with Gasteiger partial charge in [-0.25, -0.2) is 0 Å². The lowest BCUT2D eigenvalue weighted by Gasteiger charge is -2.21. The maximum atomic E-state index is 6.37. The van der Waals surface area contributed by atoms with Gasteiger partial charge in [0.1, 0.15) is 0 Å². The molecular formula is C19H24N2. The first-order chi connectivity index (χ1) is 10.2. The van der Waals surface area contributed by atoms with E-state index in [-0.39, 0.29) is 6.04 Å². The van der Waals surface area contributed by atoms with E-state index in [4.69, 9.17) is 5.73 Å². The fourth-order valence-corrected chi connectivity index (χ4v) is 3.13. The van der Waals surface area contributed by atoms with Gasteiger partial charge in [-0.1, -0.05) is 61.5 Å². The van der Waals surface area contributed by atoms with Gasteiger partial charge in [0.05, 0.1) is 0 Å². The Morgan fingerprint density at radius 2 is 1.71 bits per heavy atom. The van der Waals surface area contributed by atoms with Crippen molar-refractivity contribution < 1.29 is 0 Å². The molecule has 1 aliphatic heterocycles. The van der Waals surface area contributed by atoms with Crippen molar-refractivity contribution >= 4 is 0 Å². The number of benzene rings is 2. The van der Waals surface area contributed by atoms with Crippen molar-refractivity contribution in [2.24, 2.45) is 11.7 Å². The monoisotopic (exact) mass is 280 g/mol. The Labute approximate surface area is 127 Å². The third-order valence-electron chi connectivity index (χ3n) is 4.41. The third-order valence-corrected chi connectivity index (χ3v) is 4.41. The summed E-state index contributed by atoms with van der Waals surface area (Å²) in [5, 5.41) is 0. The molecule has 1 heterocycles. The molecule has 2 unspecified atom stereocenters. The van der Waals surface area contributed by atoms with Crippen LogP contribution in [0.15, 0.2) is 54.6 Å². The highest BCUT2D eigenvalue weighted by atomic mass is 15.2. The van der Waals surface area contributed by atoms with Crippen LogP contribution in [0.4, 0.5) is 0 Å². The lowest BCUT2D eigenvalue weighted by molar-refractivity contribution is 0.306. The second-order valence-electron chi connectivity index (χ2n) is 6.25. The van der Waals surface area contributed by atoms with Crippen molar-refractivity contribution in [3.63, 3.8) is 0 Å². The minimum absolute atomic E-state index is 0.111. The Bertz CT molecular complexity index is 562. The average molecular weight is 280 g/mol. The average Bonchev–Trinajstić information content (AvgIpc) is 2.93. The number of nitrogens with zero attached hydrogens (tertiary/aromatic N) is 1. The van der Waals surface area contributed by atoms with Crippen molar-refractivity contribution in [1.82, 2.24) is 4.90 Å². The van der Waals surface area contributed by atoms with Crippen molar-refractivity contribution in [1.29, 1.82) is 0 Å². The first kappa shape index (κ1) is 14.3. The van der Waals surface area contributed by atoms with Crippen molar-refractivity contribution in [3.8, 4) is 11.1 Å². The molecule has 2 N–H and O–H groups in total. The maximum Gasteiger partial charge on any atom is 0.0424 e. The van der Waals surface area contributed by atoms with Crippen LogP contribution in [0.2, 0.25) is 0 Å². The fourth-order valence-electron chi connectivity index (χ4n) is 3.13. The normalized spacial score (nSPS) is 20.6. The van der Waals surface area contributed by atoms with Crippen LogP contribution in [0.1, 0.15) is 24.9 Å². The summed E-state index contributed by atoms with van der Waals surface area (Å²) in [6.45, 7) is 5.67. The standard InChI is InChI=1S/C19H24N2/c1-15-11-12-21(13-15)14-19(20)18-9-7-17(8-10-18)16-5-3-2-4-6-16/h2-10,15,19H,11-14,20H2,1H3. The van der Waals surface area contributed by atoms with Gasteiger partial charge in [0, 0.05) is 19.1 Å². The number of likely N-dealkylation sites (tertiary alicyclic amines) is 1. The van der Waals surface area contributed by atoms with Gasteiger partial charge in [-0.3, -0.25) is 0 Å². The number of hydrogen-bond acceptors (Lipinski definition) is 2. The molecule has 2 heteroatoms. The minimum Gasteiger partial charge on any atom is -0.323 e. The third kappa shape index (κ3) is 3.52. The van der Waals surface area contributed by atoms with Crippen LogP contribution >= 0.6 is 0 Å². The quantitative estimate of drug-likeness (QED) is 0.925. The van der Waals surface area contributed by atoms with Crippen LogP contribution in [-0.2, 0) is 0 Å². The van der Waals surface area contributed by atoms with Gasteiger partial charge in [0.25, 0.3) is 0 Å². The summed E-state index contributed by atoms with van der Waals surface area (Å²) in [5.74, 6) is 0.817. The second-order valence-corrected chi connectivity index (χ2v) is 6.25. The molecular weight excluding hydrogens is 256 g/mol. The summed E-state index contributed by atoms with van der Waals surface area (Å²) < 4.78 is 0. The molecule has 110 valence electrons. The Hall–Kier alpha value is -1.64. The van der Waals surface area contributed by atoms with E-state index in [0.29, 0.717) is 0 Å². The van der Waals surface area contributed by atoms with E-state index in [2.05, 4.69) is 60.4 Å². The van der Waals surface area contributed by atoms with Gasteiger partial charge in [-0.15, -0.1) is 0 Å². The molecule has 0 amide bonds. The van der Waals surface area contributed by atoms with Crippen LogP contribution < -0.4 is 5.73 Å². The van der Waals surface area contributed by atoms with E-state index in [9.17, 15) is 0 Å².